The van der Waals surface area contributed by atoms with Gasteiger partial charge in [-0.1, -0.05) is 0 Å². The Balaban J connectivity index is 1.50. The van der Waals surface area contributed by atoms with Crippen molar-refractivity contribution in [2.24, 2.45) is 0 Å². The molecule has 25 heavy (non-hydrogen) atoms. The molecule has 1 aromatic carbocycles. The summed E-state index contributed by atoms with van der Waals surface area (Å²) in [5.41, 5.74) is 1.26. The molecule has 0 spiro atoms. The van der Waals surface area contributed by atoms with Gasteiger partial charge in [0.25, 0.3) is 11.8 Å². The summed E-state index contributed by atoms with van der Waals surface area (Å²) in [5.74, 6) is 0.244. The third-order valence-corrected chi connectivity index (χ3v) is 3.73. The van der Waals surface area contributed by atoms with Crippen LogP contribution in [0.3, 0.4) is 0 Å². The van der Waals surface area contributed by atoms with E-state index in [-0.39, 0.29) is 18.4 Å². The molecule has 1 aromatic heterocycles. The third-order valence-electron chi connectivity index (χ3n) is 3.73. The highest BCUT2D eigenvalue weighted by atomic mass is 16.5. The second kappa shape index (κ2) is 8.25. The average molecular weight is 341 g/mol. The Labute approximate surface area is 145 Å². The van der Waals surface area contributed by atoms with Gasteiger partial charge >= 0.3 is 0 Å². The molecule has 7 heteroatoms. The van der Waals surface area contributed by atoms with Crippen molar-refractivity contribution >= 4 is 17.5 Å². The van der Waals surface area contributed by atoms with Crippen molar-refractivity contribution in [1.29, 1.82) is 0 Å². The number of carbonyl (C=O) groups is 2. The quantitative estimate of drug-likeness (QED) is 0.893. The Morgan fingerprint density at radius 3 is 2.44 bits per heavy atom. The molecule has 130 valence electrons. The molecular formula is C18H19N3O4. The van der Waals surface area contributed by atoms with E-state index in [9.17, 15) is 9.59 Å². The van der Waals surface area contributed by atoms with Crippen LogP contribution in [0, 0.1) is 0 Å². The number of anilines is 1. The topological polar surface area (TPSA) is 80.8 Å². The fourth-order valence-corrected chi connectivity index (χ4v) is 2.42. The van der Waals surface area contributed by atoms with Crippen LogP contribution in [-0.2, 0) is 9.53 Å². The minimum absolute atomic E-state index is 0.0229. The van der Waals surface area contributed by atoms with Crippen LogP contribution < -0.4 is 10.1 Å². The van der Waals surface area contributed by atoms with Crippen LogP contribution in [0.5, 0.6) is 5.75 Å². The highest BCUT2D eigenvalue weighted by molar-refractivity contribution is 5.94. The number of amides is 2. The first-order chi connectivity index (χ1) is 12.2. The zero-order valence-corrected chi connectivity index (χ0v) is 13.7. The van der Waals surface area contributed by atoms with E-state index in [2.05, 4.69) is 10.3 Å². The predicted molar refractivity (Wildman–Crippen MR) is 91.5 cm³/mol. The van der Waals surface area contributed by atoms with Gasteiger partial charge in [-0.2, -0.15) is 0 Å². The first-order valence-electron chi connectivity index (χ1n) is 8.02. The van der Waals surface area contributed by atoms with E-state index >= 15 is 0 Å². The molecule has 1 aliphatic heterocycles. The van der Waals surface area contributed by atoms with Crippen LogP contribution in [-0.4, -0.2) is 54.6 Å². The largest absolute Gasteiger partial charge is 0.484 e. The number of hydrogen-bond acceptors (Lipinski definition) is 5. The Morgan fingerprint density at radius 1 is 1.08 bits per heavy atom. The molecular weight excluding hydrogens is 322 g/mol. The SMILES string of the molecule is O=C(COc1ccc(C(=O)N2CCOCC2)cc1)Nc1ccncc1. The Kier molecular flexibility index (Phi) is 5.58. The van der Waals surface area contributed by atoms with Gasteiger partial charge in [0.15, 0.2) is 6.61 Å². The number of nitrogens with zero attached hydrogens (tertiary/aromatic N) is 2. The molecule has 7 nitrogen and oxygen atoms in total. The van der Waals surface area contributed by atoms with E-state index in [4.69, 9.17) is 9.47 Å². The molecule has 2 amide bonds. The summed E-state index contributed by atoms with van der Waals surface area (Å²) in [6.45, 7) is 2.23. The van der Waals surface area contributed by atoms with E-state index < -0.39 is 0 Å². The van der Waals surface area contributed by atoms with Gasteiger partial charge in [0, 0.05) is 36.7 Å². The van der Waals surface area contributed by atoms with E-state index in [0.29, 0.717) is 43.3 Å². The molecule has 0 aliphatic carbocycles. The van der Waals surface area contributed by atoms with Gasteiger partial charge in [-0.25, -0.2) is 0 Å². The summed E-state index contributed by atoms with van der Waals surface area (Å²) in [4.78, 5) is 29.8. The van der Waals surface area contributed by atoms with Gasteiger partial charge in [-0.05, 0) is 36.4 Å². The number of aromatic nitrogens is 1. The highest BCUT2D eigenvalue weighted by Gasteiger charge is 2.18. The number of carbonyl (C=O) groups excluding carboxylic acids is 2. The summed E-state index contributed by atoms with van der Waals surface area (Å²) in [6, 6.07) is 10.2. The molecule has 2 aromatic rings. The lowest BCUT2D eigenvalue weighted by molar-refractivity contribution is -0.118. The van der Waals surface area contributed by atoms with Gasteiger partial charge in [0.2, 0.25) is 0 Å². The number of pyridine rings is 1. The maximum atomic E-state index is 12.3. The number of hydrogen-bond donors (Lipinski definition) is 1. The Morgan fingerprint density at radius 2 is 1.76 bits per heavy atom. The number of rotatable bonds is 5. The molecule has 3 rings (SSSR count). The lowest BCUT2D eigenvalue weighted by Crippen LogP contribution is -2.40. The summed E-state index contributed by atoms with van der Waals surface area (Å²) in [7, 11) is 0. The lowest BCUT2D eigenvalue weighted by Gasteiger charge is -2.26. The number of benzene rings is 1. The summed E-state index contributed by atoms with van der Waals surface area (Å²) in [6.07, 6.45) is 3.20. The smallest absolute Gasteiger partial charge is 0.262 e. The van der Waals surface area contributed by atoms with Crippen molar-refractivity contribution in [3.05, 3.63) is 54.4 Å². The maximum Gasteiger partial charge on any atom is 0.262 e. The first kappa shape index (κ1) is 16.9. The number of ether oxygens (including phenoxy) is 2. The molecule has 0 saturated carbocycles. The van der Waals surface area contributed by atoms with Crippen LogP contribution in [0.25, 0.3) is 0 Å². The van der Waals surface area contributed by atoms with Crippen LogP contribution >= 0.6 is 0 Å². The zero-order valence-electron chi connectivity index (χ0n) is 13.7. The molecule has 1 saturated heterocycles. The van der Waals surface area contributed by atoms with E-state index in [1.165, 1.54) is 0 Å². The van der Waals surface area contributed by atoms with Crippen molar-refractivity contribution in [2.75, 3.05) is 38.2 Å². The number of morpholine rings is 1. The molecule has 1 aliphatic rings. The van der Waals surface area contributed by atoms with Crippen molar-refractivity contribution in [2.45, 2.75) is 0 Å². The normalized spacial score (nSPS) is 14.0. The van der Waals surface area contributed by atoms with Gasteiger partial charge in [0.05, 0.1) is 13.2 Å². The zero-order chi connectivity index (χ0) is 17.5. The van der Waals surface area contributed by atoms with Crippen LogP contribution in [0.1, 0.15) is 10.4 Å². The van der Waals surface area contributed by atoms with Gasteiger partial charge in [0.1, 0.15) is 5.75 Å². The fourth-order valence-electron chi connectivity index (χ4n) is 2.42. The molecule has 0 bridgehead atoms. The van der Waals surface area contributed by atoms with Crippen molar-refractivity contribution in [3.63, 3.8) is 0 Å². The lowest BCUT2D eigenvalue weighted by atomic mass is 10.2. The molecule has 1 N–H and O–H groups in total. The average Bonchev–Trinajstić information content (AvgIpc) is 2.68. The Bertz CT molecular complexity index is 713. The molecule has 2 heterocycles. The third kappa shape index (κ3) is 4.77. The van der Waals surface area contributed by atoms with Crippen LogP contribution in [0.15, 0.2) is 48.8 Å². The summed E-state index contributed by atoms with van der Waals surface area (Å²) in [5, 5.41) is 2.71. The van der Waals surface area contributed by atoms with Gasteiger partial charge < -0.3 is 19.7 Å². The van der Waals surface area contributed by atoms with Crippen molar-refractivity contribution in [3.8, 4) is 5.75 Å². The molecule has 1 fully saturated rings. The van der Waals surface area contributed by atoms with Crippen LogP contribution in [0.2, 0.25) is 0 Å². The monoisotopic (exact) mass is 341 g/mol. The summed E-state index contributed by atoms with van der Waals surface area (Å²) >= 11 is 0. The second-order valence-corrected chi connectivity index (χ2v) is 5.50. The minimum Gasteiger partial charge on any atom is -0.484 e. The molecule has 0 atom stereocenters. The predicted octanol–water partition coefficient (Wildman–Crippen LogP) is 1.57. The van der Waals surface area contributed by atoms with Gasteiger partial charge in [-0.15, -0.1) is 0 Å². The molecule has 0 unspecified atom stereocenters. The summed E-state index contributed by atoms with van der Waals surface area (Å²) < 4.78 is 10.7. The second-order valence-electron chi connectivity index (χ2n) is 5.50. The maximum absolute atomic E-state index is 12.3. The van der Waals surface area contributed by atoms with E-state index in [1.54, 1.807) is 53.7 Å². The standard InChI is InChI=1S/C18H19N3O4/c22-17(20-15-5-7-19-8-6-15)13-25-16-3-1-14(2-4-16)18(23)21-9-11-24-12-10-21/h1-8H,9-13H2,(H,19,20,22). The first-order valence-corrected chi connectivity index (χ1v) is 8.02. The minimum atomic E-state index is -0.264. The number of nitrogens with one attached hydrogen (secondary N) is 1. The van der Waals surface area contributed by atoms with Gasteiger partial charge in [-0.3, -0.25) is 14.6 Å². The fraction of sp³-hybridized carbons (Fsp3) is 0.278. The van der Waals surface area contributed by atoms with E-state index in [0.717, 1.165) is 0 Å². The van der Waals surface area contributed by atoms with Crippen LogP contribution in [0.4, 0.5) is 5.69 Å². The highest BCUT2D eigenvalue weighted by Crippen LogP contribution is 2.15. The van der Waals surface area contributed by atoms with Crippen molar-refractivity contribution < 1.29 is 19.1 Å². The molecule has 0 radical (unpaired) electrons. The Hall–Kier alpha value is -2.93. The van der Waals surface area contributed by atoms with Crippen molar-refractivity contribution in [1.82, 2.24) is 9.88 Å². The van der Waals surface area contributed by atoms with E-state index in [1.807, 2.05) is 0 Å².